The van der Waals surface area contributed by atoms with Gasteiger partial charge in [0.2, 0.25) is 0 Å². The maximum absolute atomic E-state index is 10.2. The average molecular weight is 349 g/mol. The SMILES string of the molecule is CCOc1ccc2c(c1)C(C)=CC(C)(CC1OC[C@@H](O)[C@H](O)[C@H]1O)N2. The van der Waals surface area contributed by atoms with Crippen LogP contribution in [-0.4, -0.2) is 58.5 Å². The molecule has 138 valence electrons. The minimum absolute atomic E-state index is 0.0238. The molecule has 2 aliphatic heterocycles. The molecule has 2 heterocycles. The normalized spacial score (nSPS) is 34.7. The molecule has 1 fully saturated rings. The number of ether oxygens (including phenoxy) is 2. The molecule has 0 bridgehead atoms. The van der Waals surface area contributed by atoms with Crippen molar-refractivity contribution in [3.8, 4) is 5.75 Å². The van der Waals surface area contributed by atoms with Gasteiger partial charge in [0.05, 0.1) is 24.9 Å². The predicted molar refractivity (Wildman–Crippen MR) is 95.7 cm³/mol. The summed E-state index contributed by atoms with van der Waals surface area (Å²) in [4.78, 5) is 0. The maximum Gasteiger partial charge on any atom is 0.120 e. The van der Waals surface area contributed by atoms with Crippen LogP contribution >= 0.6 is 0 Å². The largest absolute Gasteiger partial charge is 0.494 e. The van der Waals surface area contributed by atoms with E-state index >= 15 is 0 Å². The first-order valence-corrected chi connectivity index (χ1v) is 8.73. The molecule has 0 saturated carbocycles. The maximum atomic E-state index is 10.2. The lowest BCUT2D eigenvalue weighted by Gasteiger charge is -2.41. The second kappa shape index (κ2) is 6.96. The standard InChI is InChI=1S/C19H27NO5/c1-4-24-12-5-6-14-13(7-12)11(2)8-19(3,20-14)9-16-18(23)17(22)15(21)10-25-16/h5-8,15-18,20-23H,4,9-10H2,1-3H3/t15-,16?,17+,18+,19?/m1/s1. The minimum Gasteiger partial charge on any atom is -0.494 e. The van der Waals surface area contributed by atoms with Crippen molar-refractivity contribution >= 4 is 11.3 Å². The van der Waals surface area contributed by atoms with Crippen LogP contribution in [0.25, 0.3) is 5.57 Å². The predicted octanol–water partition coefficient (Wildman–Crippen LogP) is 1.54. The summed E-state index contributed by atoms with van der Waals surface area (Å²) in [6, 6.07) is 5.94. The van der Waals surface area contributed by atoms with Gasteiger partial charge in [-0.2, -0.15) is 0 Å². The molecule has 0 radical (unpaired) electrons. The lowest BCUT2D eigenvalue weighted by Crippen LogP contribution is -2.55. The number of aliphatic hydroxyl groups is 3. The molecule has 6 nitrogen and oxygen atoms in total. The van der Waals surface area contributed by atoms with Gasteiger partial charge in [-0.15, -0.1) is 0 Å². The number of allylic oxidation sites excluding steroid dienone is 1. The van der Waals surface area contributed by atoms with Crippen LogP contribution in [0.3, 0.4) is 0 Å². The van der Waals surface area contributed by atoms with Crippen molar-refractivity contribution in [2.75, 3.05) is 18.5 Å². The Morgan fingerprint density at radius 2 is 2.04 bits per heavy atom. The van der Waals surface area contributed by atoms with Gasteiger partial charge in [0.1, 0.15) is 24.1 Å². The first-order valence-electron chi connectivity index (χ1n) is 8.73. The van der Waals surface area contributed by atoms with Crippen molar-refractivity contribution < 1.29 is 24.8 Å². The lowest BCUT2D eigenvalue weighted by atomic mass is 9.83. The topological polar surface area (TPSA) is 91.2 Å². The van der Waals surface area contributed by atoms with Crippen LogP contribution in [0.15, 0.2) is 24.3 Å². The monoisotopic (exact) mass is 349 g/mol. The molecule has 5 atom stereocenters. The highest BCUT2D eigenvalue weighted by atomic mass is 16.5. The molecule has 1 saturated heterocycles. The zero-order valence-electron chi connectivity index (χ0n) is 14.9. The van der Waals surface area contributed by atoms with Gasteiger partial charge in [0.15, 0.2) is 0 Å². The van der Waals surface area contributed by atoms with Crippen molar-refractivity contribution in [1.29, 1.82) is 0 Å². The van der Waals surface area contributed by atoms with E-state index in [0.717, 1.165) is 22.6 Å². The van der Waals surface area contributed by atoms with E-state index in [1.54, 1.807) is 0 Å². The summed E-state index contributed by atoms with van der Waals surface area (Å²) in [6.07, 6.45) is -1.31. The zero-order valence-corrected chi connectivity index (χ0v) is 14.9. The fraction of sp³-hybridized carbons (Fsp3) is 0.579. The van der Waals surface area contributed by atoms with E-state index in [-0.39, 0.29) is 6.61 Å². The number of nitrogens with one attached hydrogen (secondary N) is 1. The number of anilines is 1. The zero-order chi connectivity index (χ0) is 18.2. The highest BCUT2D eigenvalue weighted by Gasteiger charge is 2.41. The third-order valence-electron chi connectivity index (χ3n) is 4.91. The van der Waals surface area contributed by atoms with Gasteiger partial charge in [-0.3, -0.25) is 0 Å². The van der Waals surface area contributed by atoms with Crippen LogP contribution in [0.4, 0.5) is 5.69 Å². The molecule has 2 unspecified atom stereocenters. The molecule has 1 aromatic carbocycles. The smallest absolute Gasteiger partial charge is 0.120 e. The molecular weight excluding hydrogens is 322 g/mol. The Morgan fingerprint density at radius 3 is 2.76 bits per heavy atom. The van der Waals surface area contributed by atoms with Gasteiger partial charge in [0.25, 0.3) is 0 Å². The summed E-state index contributed by atoms with van der Waals surface area (Å²) < 4.78 is 11.1. The van der Waals surface area contributed by atoms with E-state index in [1.807, 2.05) is 39.0 Å². The third-order valence-corrected chi connectivity index (χ3v) is 4.91. The fourth-order valence-corrected chi connectivity index (χ4v) is 3.69. The number of fused-ring (bicyclic) bond motifs is 1. The lowest BCUT2D eigenvalue weighted by molar-refractivity contribution is -0.190. The molecule has 1 aromatic rings. The Kier molecular flexibility index (Phi) is 5.06. The van der Waals surface area contributed by atoms with Gasteiger partial charge < -0.3 is 30.1 Å². The van der Waals surface area contributed by atoms with Crippen molar-refractivity contribution in [2.45, 2.75) is 57.1 Å². The molecule has 0 aliphatic carbocycles. The van der Waals surface area contributed by atoms with E-state index in [4.69, 9.17) is 9.47 Å². The number of hydrogen-bond donors (Lipinski definition) is 4. The number of benzene rings is 1. The van der Waals surface area contributed by atoms with Gasteiger partial charge in [-0.1, -0.05) is 6.08 Å². The van der Waals surface area contributed by atoms with Crippen LogP contribution in [0, 0.1) is 0 Å². The number of aliphatic hydroxyl groups excluding tert-OH is 3. The summed E-state index contributed by atoms with van der Waals surface area (Å²) in [5, 5.41) is 33.2. The van der Waals surface area contributed by atoms with Crippen LogP contribution in [0.2, 0.25) is 0 Å². The van der Waals surface area contributed by atoms with E-state index in [1.165, 1.54) is 0 Å². The number of hydrogen-bond acceptors (Lipinski definition) is 6. The summed E-state index contributed by atoms with van der Waals surface area (Å²) in [5.41, 5.74) is 2.77. The molecule has 3 rings (SSSR count). The first kappa shape index (κ1) is 18.2. The molecule has 0 spiro atoms. The molecule has 25 heavy (non-hydrogen) atoms. The van der Waals surface area contributed by atoms with Crippen molar-refractivity contribution in [2.24, 2.45) is 0 Å². The molecular formula is C19H27NO5. The Bertz CT molecular complexity index is 661. The fourth-order valence-electron chi connectivity index (χ4n) is 3.69. The second-order valence-electron chi connectivity index (χ2n) is 7.13. The van der Waals surface area contributed by atoms with Gasteiger partial charge >= 0.3 is 0 Å². The highest BCUT2D eigenvalue weighted by Crippen LogP contribution is 2.38. The molecule has 0 aromatic heterocycles. The summed E-state index contributed by atoms with van der Waals surface area (Å²) in [5.74, 6) is 0.836. The van der Waals surface area contributed by atoms with Crippen LogP contribution in [-0.2, 0) is 4.74 Å². The summed E-state index contributed by atoms with van der Waals surface area (Å²) in [7, 11) is 0. The third kappa shape index (κ3) is 3.67. The van der Waals surface area contributed by atoms with E-state index < -0.39 is 30.0 Å². The van der Waals surface area contributed by atoms with Crippen molar-refractivity contribution in [3.05, 3.63) is 29.8 Å². The molecule has 6 heteroatoms. The molecule has 4 N–H and O–H groups in total. The van der Waals surface area contributed by atoms with Gasteiger partial charge in [-0.05, 0) is 44.5 Å². The van der Waals surface area contributed by atoms with Crippen LogP contribution < -0.4 is 10.1 Å². The van der Waals surface area contributed by atoms with Crippen molar-refractivity contribution in [3.63, 3.8) is 0 Å². The Hall–Kier alpha value is -1.60. The van der Waals surface area contributed by atoms with Gasteiger partial charge in [0, 0.05) is 17.7 Å². The Balaban J connectivity index is 1.79. The van der Waals surface area contributed by atoms with Gasteiger partial charge in [-0.25, -0.2) is 0 Å². The summed E-state index contributed by atoms with van der Waals surface area (Å²) in [6.45, 7) is 6.68. The number of rotatable bonds is 4. The summed E-state index contributed by atoms with van der Waals surface area (Å²) >= 11 is 0. The van der Waals surface area contributed by atoms with Crippen molar-refractivity contribution in [1.82, 2.24) is 0 Å². The molecule has 0 amide bonds. The molecule has 2 aliphatic rings. The average Bonchev–Trinajstić information content (AvgIpc) is 2.56. The first-order chi connectivity index (χ1) is 11.8. The Labute approximate surface area is 148 Å². The Morgan fingerprint density at radius 1 is 1.28 bits per heavy atom. The van der Waals surface area contributed by atoms with E-state index in [2.05, 4.69) is 11.4 Å². The van der Waals surface area contributed by atoms with E-state index in [9.17, 15) is 15.3 Å². The second-order valence-corrected chi connectivity index (χ2v) is 7.13. The van der Waals surface area contributed by atoms with Crippen LogP contribution in [0.5, 0.6) is 5.75 Å². The minimum atomic E-state index is -1.18. The van der Waals surface area contributed by atoms with Crippen LogP contribution in [0.1, 0.15) is 32.8 Å². The quantitative estimate of drug-likeness (QED) is 0.659. The highest BCUT2D eigenvalue weighted by molar-refractivity contribution is 5.81. The van der Waals surface area contributed by atoms with E-state index in [0.29, 0.717) is 13.0 Å².